The predicted molar refractivity (Wildman–Crippen MR) is 100 cm³/mol. The molecule has 4 rings (SSSR count). The van der Waals surface area contributed by atoms with Crippen LogP contribution in [0, 0.1) is 0 Å². The zero-order chi connectivity index (χ0) is 18.1. The molecule has 3 heterocycles. The van der Waals surface area contributed by atoms with Gasteiger partial charge in [-0.15, -0.1) is 0 Å². The number of hydrogen-bond donors (Lipinski definition) is 3. The molecule has 1 amide bonds. The van der Waals surface area contributed by atoms with Crippen LogP contribution in [0.25, 0.3) is 5.57 Å². The molecule has 1 fully saturated rings. The lowest BCUT2D eigenvalue weighted by molar-refractivity contribution is -0.118. The van der Waals surface area contributed by atoms with Crippen molar-refractivity contribution >= 4 is 17.3 Å². The van der Waals surface area contributed by atoms with Gasteiger partial charge in [0, 0.05) is 36.5 Å². The minimum Gasteiger partial charge on any atom is -0.312 e. The van der Waals surface area contributed by atoms with Crippen LogP contribution in [0.4, 0.5) is 5.82 Å². The SMILES string of the molecule is CC(C(=O)Nc1cc(C2CC2)[nH]n1)n1ccc(C2=CCCNC2)cc1=O. The number of carbonyl (C=O) groups is 1. The van der Waals surface area contributed by atoms with Crippen LogP contribution in [0.1, 0.15) is 49.4 Å². The lowest BCUT2D eigenvalue weighted by atomic mass is 10.0. The Bertz CT molecular complexity index is 907. The van der Waals surface area contributed by atoms with Crippen molar-refractivity contribution in [3.05, 3.63) is 52.1 Å². The summed E-state index contributed by atoms with van der Waals surface area (Å²) in [5, 5.41) is 13.2. The van der Waals surface area contributed by atoms with E-state index in [9.17, 15) is 9.59 Å². The van der Waals surface area contributed by atoms with Crippen molar-refractivity contribution < 1.29 is 4.79 Å². The van der Waals surface area contributed by atoms with Gasteiger partial charge in [-0.25, -0.2) is 0 Å². The summed E-state index contributed by atoms with van der Waals surface area (Å²) in [6.45, 7) is 3.45. The molecule has 136 valence electrons. The van der Waals surface area contributed by atoms with Gasteiger partial charge >= 0.3 is 0 Å². The average molecular weight is 353 g/mol. The van der Waals surface area contributed by atoms with Gasteiger partial charge in [-0.05, 0) is 49.9 Å². The van der Waals surface area contributed by atoms with Gasteiger partial charge in [-0.2, -0.15) is 5.10 Å². The van der Waals surface area contributed by atoms with Crippen molar-refractivity contribution in [3.8, 4) is 0 Å². The second-order valence-corrected chi connectivity index (χ2v) is 7.00. The second-order valence-electron chi connectivity index (χ2n) is 7.00. The molecule has 0 bridgehead atoms. The molecule has 0 spiro atoms. The topological polar surface area (TPSA) is 91.8 Å². The Kier molecular flexibility index (Phi) is 4.46. The Morgan fingerprint density at radius 2 is 2.23 bits per heavy atom. The number of hydrogen-bond acceptors (Lipinski definition) is 4. The monoisotopic (exact) mass is 353 g/mol. The van der Waals surface area contributed by atoms with E-state index in [0.717, 1.165) is 36.3 Å². The molecule has 1 aliphatic carbocycles. The highest BCUT2D eigenvalue weighted by Crippen LogP contribution is 2.39. The van der Waals surface area contributed by atoms with Gasteiger partial charge in [-0.1, -0.05) is 6.08 Å². The maximum Gasteiger partial charge on any atom is 0.251 e. The number of H-pyrrole nitrogens is 1. The molecule has 1 atom stereocenters. The average Bonchev–Trinajstić information content (AvgIpc) is 3.41. The highest BCUT2D eigenvalue weighted by Gasteiger charge is 2.26. The Hall–Kier alpha value is -2.67. The summed E-state index contributed by atoms with van der Waals surface area (Å²) in [4.78, 5) is 25.0. The number of amides is 1. The van der Waals surface area contributed by atoms with Gasteiger partial charge in [0.2, 0.25) is 5.91 Å². The number of nitrogens with one attached hydrogen (secondary N) is 3. The Balaban J connectivity index is 1.47. The van der Waals surface area contributed by atoms with E-state index in [4.69, 9.17) is 0 Å². The number of anilines is 1. The molecule has 7 heteroatoms. The Labute approximate surface area is 151 Å². The summed E-state index contributed by atoms with van der Waals surface area (Å²) in [5.74, 6) is 0.795. The molecule has 26 heavy (non-hydrogen) atoms. The minimum atomic E-state index is -0.615. The van der Waals surface area contributed by atoms with Crippen LogP contribution in [-0.4, -0.2) is 33.8 Å². The quantitative estimate of drug-likeness (QED) is 0.767. The van der Waals surface area contributed by atoms with Gasteiger partial charge in [0.25, 0.3) is 5.56 Å². The Morgan fingerprint density at radius 1 is 1.38 bits per heavy atom. The summed E-state index contributed by atoms with van der Waals surface area (Å²) in [7, 11) is 0. The third-order valence-corrected chi connectivity index (χ3v) is 5.01. The third-order valence-electron chi connectivity index (χ3n) is 5.01. The Morgan fingerprint density at radius 3 is 2.92 bits per heavy atom. The van der Waals surface area contributed by atoms with E-state index < -0.39 is 6.04 Å². The first-order chi connectivity index (χ1) is 12.6. The predicted octanol–water partition coefficient (Wildman–Crippen LogP) is 2.03. The fraction of sp³-hybridized carbons (Fsp3) is 0.421. The molecular weight excluding hydrogens is 330 g/mol. The molecule has 3 N–H and O–H groups in total. The molecule has 0 saturated heterocycles. The fourth-order valence-corrected chi connectivity index (χ4v) is 3.23. The van der Waals surface area contributed by atoms with E-state index in [-0.39, 0.29) is 11.5 Å². The van der Waals surface area contributed by atoms with Crippen molar-refractivity contribution in [2.24, 2.45) is 0 Å². The van der Waals surface area contributed by atoms with Crippen LogP contribution in [0.15, 0.2) is 35.3 Å². The molecular formula is C19H23N5O2. The summed E-state index contributed by atoms with van der Waals surface area (Å²) in [5.41, 5.74) is 2.91. The van der Waals surface area contributed by atoms with Crippen molar-refractivity contribution in [2.45, 2.75) is 38.1 Å². The van der Waals surface area contributed by atoms with Crippen LogP contribution >= 0.6 is 0 Å². The summed E-state index contributed by atoms with van der Waals surface area (Å²) < 4.78 is 1.45. The number of aromatic amines is 1. The van der Waals surface area contributed by atoms with Crippen LogP contribution < -0.4 is 16.2 Å². The molecule has 2 aromatic rings. The van der Waals surface area contributed by atoms with Crippen LogP contribution in [0.5, 0.6) is 0 Å². The van der Waals surface area contributed by atoms with Crippen LogP contribution in [0.2, 0.25) is 0 Å². The van der Waals surface area contributed by atoms with Crippen LogP contribution in [-0.2, 0) is 4.79 Å². The van der Waals surface area contributed by atoms with Crippen molar-refractivity contribution in [2.75, 3.05) is 18.4 Å². The van der Waals surface area contributed by atoms with E-state index in [1.54, 1.807) is 19.2 Å². The lowest BCUT2D eigenvalue weighted by Crippen LogP contribution is -2.31. The summed E-state index contributed by atoms with van der Waals surface area (Å²) >= 11 is 0. The number of aromatic nitrogens is 3. The third kappa shape index (κ3) is 3.48. The van der Waals surface area contributed by atoms with Crippen molar-refractivity contribution in [3.63, 3.8) is 0 Å². The van der Waals surface area contributed by atoms with E-state index in [1.165, 1.54) is 17.4 Å². The molecule has 0 aromatic carbocycles. The number of pyridine rings is 1. The number of nitrogens with zero attached hydrogens (tertiary/aromatic N) is 2. The first-order valence-electron chi connectivity index (χ1n) is 9.10. The van der Waals surface area contributed by atoms with Gasteiger partial charge < -0.3 is 15.2 Å². The van der Waals surface area contributed by atoms with Gasteiger partial charge in [0.15, 0.2) is 5.82 Å². The minimum absolute atomic E-state index is 0.183. The fourth-order valence-electron chi connectivity index (χ4n) is 3.23. The lowest BCUT2D eigenvalue weighted by Gasteiger charge is -2.17. The summed E-state index contributed by atoms with van der Waals surface area (Å²) in [6, 6.07) is 4.75. The van der Waals surface area contributed by atoms with Crippen molar-refractivity contribution in [1.82, 2.24) is 20.1 Å². The van der Waals surface area contributed by atoms with E-state index in [0.29, 0.717) is 11.7 Å². The van der Waals surface area contributed by atoms with Gasteiger partial charge in [0.1, 0.15) is 6.04 Å². The normalized spacial score (nSPS) is 18.3. The van der Waals surface area contributed by atoms with Gasteiger partial charge in [0.05, 0.1) is 0 Å². The van der Waals surface area contributed by atoms with E-state index in [2.05, 4.69) is 26.9 Å². The zero-order valence-electron chi connectivity index (χ0n) is 14.8. The second kappa shape index (κ2) is 6.92. The van der Waals surface area contributed by atoms with Crippen LogP contribution in [0.3, 0.4) is 0 Å². The maximum atomic E-state index is 12.5. The molecule has 1 unspecified atom stereocenters. The molecule has 2 aliphatic rings. The first kappa shape index (κ1) is 16.8. The number of carbonyl (C=O) groups excluding carboxylic acids is 1. The highest BCUT2D eigenvalue weighted by atomic mass is 16.2. The maximum absolute atomic E-state index is 12.5. The molecule has 0 radical (unpaired) electrons. The zero-order valence-corrected chi connectivity index (χ0v) is 14.8. The molecule has 2 aromatic heterocycles. The van der Waals surface area contributed by atoms with E-state index >= 15 is 0 Å². The highest BCUT2D eigenvalue weighted by molar-refractivity contribution is 5.92. The first-order valence-corrected chi connectivity index (χ1v) is 9.10. The molecule has 1 saturated carbocycles. The molecule has 7 nitrogen and oxygen atoms in total. The number of rotatable bonds is 5. The largest absolute Gasteiger partial charge is 0.312 e. The smallest absolute Gasteiger partial charge is 0.251 e. The standard InChI is InChI=1S/C19H23N5O2/c1-12(19(26)21-17-10-16(22-23-17)13-4-5-13)24-8-6-14(9-18(24)25)15-3-2-7-20-11-15/h3,6,8-10,12-13,20H,2,4-5,7,11H2,1H3,(H2,21,22,23,26). The van der Waals surface area contributed by atoms with Gasteiger partial charge in [-0.3, -0.25) is 14.7 Å². The summed E-state index contributed by atoms with van der Waals surface area (Å²) in [6.07, 6.45) is 7.14. The van der Waals surface area contributed by atoms with Crippen molar-refractivity contribution in [1.29, 1.82) is 0 Å². The van der Waals surface area contributed by atoms with E-state index in [1.807, 2.05) is 12.1 Å². The molecule has 1 aliphatic heterocycles.